The van der Waals surface area contributed by atoms with Crippen LogP contribution in [0, 0.1) is 5.92 Å². The minimum atomic E-state index is -0.474. The van der Waals surface area contributed by atoms with E-state index in [0.717, 1.165) is 61.3 Å². The molecule has 1 unspecified atom stereocenters. The van der Waals surface area contributed by atoms with Gasteiger partial charge in [-0.1, -0.05) is 12.1 Å². The predicted octanol–water partition coefficient (Wildman–Crippen LogP) is 3.25. The van der Waals surface area contributed by atoms with Crippen LogP contribution in [0.3, 0.4) is 0 Å². The van der Waals surface area contributed by atoms with Crippen molar-refractivity contribution in [2.75, 3.05) is 44.2 Å². The third kappa shape index (κ3) is 5.90. The number of aryl methyl sites for hydroxylation is 1. The van der Waals surface area contributed by atoms with Crippen molar-refractivity contribution in [3.63, 3.8) is 0 Å². The van der Waals surface area contributed by atoms with E-state index in [-0.39, 0.29) is 17.9 Å². The van der Waals surface area contributed by atoms with Gasteiger partial charge >= 0.3 is 6.09 Å². The van der Waals surface area contributed by atoms with Crippen molar-refractivity contribution >= 4 is 34.5 Å². The summed E-state index contributed by atoms with van der Waals surface area (Å²) in [6, 6.07) is 6.54. The number of hydrogen-bond acceptors (Lipinski definition) is 7. The minimum Gasteiger partial charge on any atom is -0.444 e. The molecule has 3 saturated heterocycles. The van der Waals surface area contributed by atoms with Gasteiger partial charge in [-0.2, -0.15) is 5.10 Å². The molecular formula is C29H42N6O4. The number of hydrogen-bond donors (Lipinski definition) is 1. The molecule has 3 amide bonds. The molecule has 3 aliphatic heterocycles. The van der Waals surface area contributed by atoms with Crippen LogP contribution in [0.15, 0.2) is 18.2 Å². The van der Waals surface area contributed by atoms with Crippen molar-refractivity contribution in [2.45, 2.75) is 70.9 Å². The summed E-state index contributed by atoms with van der Waals surface area (Å²) in [5, 5.41) is 8.22. The number of piperidine rings is 2. The Morgan fingerprint density at radius 3 is 2.51 bits per heavy atom. The van der Waals surface area contributed by atoms with E-state index in [2.05, 4.69) is 28.1 Å². The van der Waals surface area contributed by atoms with E-state index in [4.69, 9.17) is 9.84 Å². The zero-order valence-corrected chi connectivity index (χ0v) is 23.9. The first-order valence-electron chi connectivity index (χ1n) is 14.3. The normalized spacial score (nSPS) is 23.8. The zero-order valence-electron chi connectivity index (χ0n) is 23.9. The second-order valence-electron chi connectivity index (χ2n) is 12.4. The first-order valence-corrected chi connectivity index (χ1v) is 14.3. The number of anilines is 1. The third-order valence-corrected chi connectivity index (χ3v) is 8.31. The lowest BCUT2D eigenvalue weighted by atomic mass is 9.92. The highest BCUT2D eigenvalue weighted by Gasteiger charge is 2.34. The topological polar surface area (TPSA) is 100 Å². The summed E-state index contributed by atoms with van der Waals surface area (Å²) in [6.45, 7) is 13.2. The van der Waals surface area contributed by atoms with Crippen LogP contribution in [-0.2, 0) is 21.4 Å². The van der Waals surface area contributed by atoms with Crippen molar-refractivity contribution in [1.29, 1.82) is 0 Å². The molecule has 0 aliphatic carbocycles. The molecule has 1 N–H and O–H groups in total. The quantitative estimate of drug-likeness (QED) is 0.597. The first-order chi connectivity index (χ1) is 18.5. The van der Waals surface area contributed by atoms with E-state index in [1.807, 2.05) is 49.5 Å². The maximum Gasteiger partial charge on any atom is 0.410 e. The smallest absolute Gasteiger partial charge is 0.410 e. The van der Waals surface area contributed by atoms with Gasteiger partial charge in [0.15, 0.2) is 0 Å². The van der Waals surface area contributed by atoms with Crippen LogP contribution < -0.4 is 10.2 Å². The van der Waals surface area contributed by atoms with Crippen LogP contribution >= 0.6 is 0 Å². The Bertz CT molecular complexity index is 1240. The molecule has 3 aliphatic rings. The standard InChI is InChI=1S/C29H42N6O4/c1-19-17-35(28(38)39-29(2,3)4)16-15-34(19)18-20-11-13-33(14-12-20)23-8-6-7-21-25(31-32(5)26(21)23)22-9-10-24(36)30-27(22)37/h6-8,19-20,22H,9-18H2,1-5H3,(H,30,36,37)/t19-,22?/m0/s1. The number of imide groups is 1. The lowest BCUT2D eigenvalue weighted by Gasteiger charge is -2.43. The number of piperazine rings is 1. The van der Waals surface area contributed by atoms with Gasteiger partial charge in [0.2, 0.25) is 11.8 Å². The highest BCUT2D eigenvalue weighted by Crippen LogP contribution is 2.36. The summed E-state index contributed by atoms with van der Waals surface area (Å²) < 4.78 is 7.46. The molecule has 2 atom stereocenters. The molecule has 5 rings (SSSR count). The molecule has 212 valence electrons. The summed E-state index contributed by atoms with van der Waals surface area (Å²) >= 11 is 0. The lowest BCUT2D eigenvalue weighted by Crippen LogP contribution is -2.55. The summed E-state index contributed by atoms with van der Waals surface area (Å²) in [7, 11) is 1.94. The van der Waals surface area contributed by atoms with Gasteiger partial charge in [-0.25, -0.2) is 4.79 Å². The molecule has 39 heavy (non-hydrogen) atoms. The largest absolute Gasteiger partial charge is 0.444 e. The highest BCUT2D eigenvalue weighted by molar-refractivity contribution is 6.03. The fourth-order valence-electron chi connectivity index (χ4n) is 6.26. The number of carbonyl (C=O) groups is 3. The van der Waals surface area contributed by atoms with Crippen LogP contribution in [0.25, 0.3) is 10.9 Å². The number of fused-ring (bicyclic) bond motifs is 1. The van der Waals surface area contributed by atoms with Crippen LogP contribution in [0.2, 0.25) is 0 Å². The predicted molar refractivity (Wildman–Crippen MR) is 150 cm³/mol. The number of nitrogens with zero attached hydrogens (tertiary/aromatic N) is 5. The number of amides is 3. The van der Waals surface area contributed by atoms with Gasteiger partial charge in [-0.05, 0) is 58.9 Å². The third-order valence-electron chi connectivity index (χ3n) is 8.31. The minimum absolute atomic E-state index is 0.209. The van der Waals surface area contributed by atoms with E-state index < -0.39 is 11.5 Å². The van der Waals surface area contributed by atoms with Gasteiger partial charge in [0.05, 0.1) is 22.8 Å². The highest BCUT2D eigenvalue weighted by atomic mass is 16.6. The molecule has 0 saturated carbocycles. The number of ether oxygens (including phenoxy) is 1. The number of para-hydroxylation sites is 1. The van der Waals surface area contributed by atoms with Gasteiger partial charge < -0.3 is 14.5 Å². The van der Waals surface area contributed by atoms with Crippen LogP contribution in [0.5, 0.6) is 0 Å². The Hall–Kier alpha value is -3.14. The van der Waals surface area contributed by atoms with E-state index in [0.29, 0.717) is 37.9 Å². The molecule has 0 bridgehead atoms. The molecule has 4 heterocycles. The van der Waals surface area contributed by atoms with Crippen molar-refractivity contribution in [2.24, 2.45) is 13.0 Å². The summed E-state index contributed by atoms with van der Waals surface area (Å²) in [5.41, 5.74) is 2.48. The number of benzene rings is 1. The second kappa shape index (κ2) is 10.8. The molecule has 0 spiro atoms. The molecule has 10 heteroatoms. The molecule has 3 fully saturated rings. The fourth-order valence-corrected chi connectivity index (χ4v) is 6.26. The molecule has 1 aromatic heterocycles. The SMILES string of the molecule is C[C@H]1CN(C(=O)OC(C)(C)C)CCN1CC1CCN(c2cccc3c(C4CCC(=O)NC4=O)nn(C)c23)CC1. The first kappa shape index (κ1) is 27.4. The summed E-state index contributed by atoms with van der Waals surface area (Å²) in [6.07, 6.45) is 2.83. The Balaban J connectivity index is 1.20. The van der Waals surface area contributed by atoms with Crippen molar-refractivity contribution in [3.05, 3.63) is 23.9 Å². The van der Waals surface area contributed by atoms with Crippen molar-refractivity contribution in [3.8, 4) is 0 Å². The Morgan fingerprint density at radius 2 is 1.85 bits per heavy atom. The van der Waals surface area contributed by atoms with Crippen LogP contribution in [0.1, 0.15) is 65.0 Å². The maximum absolute atomic E-state index is 12.6. The van der Waals surface area contributed by atoms with Gasteiger partial charge in [0.1, 0.15) is 5.60 Å². The monoisotopic (exact) mass is 538 g/mol. The molecule has 2 aromatic rings. The van der Waals surface area contributed by atoms with Crippen molar-refractivity contribution < 1.29 is 19.1 Å². The van der Waals surface area contributed by atoms with E-state index in [1.165, 1.54) is 0 Å². The molecule has 10 nitrogen and oxygen atoms in total. The number of carbonyl (C=O) groups excluding carboxylic acids is 3. The number of nitrogens with one attached hydrogen (secondary N) is 1. The van der Waals surface area contributed by atoms with Crippen molar-refractivity contribution in [1.82, 2.24) is 24.9 Å². The van der Waals surface area contributed by atoms with Gasteiger partial charge in [0, 0.05) is 64.2 Å². The van der Waals surface area contributed by atoms with Crippen LogP contribution in [-0.4, -0.2) is 88.4 Å². The van der Waals surface area contributed by atoms with Gasteiger partial charge in [0.25, 0.3) is 0 Å². The lowest BCUT2D eigenvalue weighted by molar-refractivity contribution is -0.134. The second-order valence-corrected chi connectivity index (χ2v) is 12.4. The average molecular weight is 539 g/mol. The summed E-state index contributed by atoms with van der Waals surface area (Å²) in [4.78, 5) is 43.5. The molecular weight excluding hydrogens is 496 g/mol. The molecule has 0 radical (unpaired) electrons. The fraction of sp³-hybridized carbons (Fsp3) is 0.655. The molecule has 1 aromatic carbocycles. The summed E-state index contributed by atoms with van der Waals surface area (Å²) in [5.74, 6) is -0.246. The van der Waals surface area contributed by atoms with E-state index in [9.17, 15) is 14.4 Å². The Morgan fingerprint density at radius 1 is 1.10 bits per heavy atom. The zero-order chi connectivity index (χ0) is 27.9. The Labute approximate surface area is 230 Å². The maximum atomic E-state index is 12.6. The number of aromatic nitrogens is 2. The van der Waals surface area contributed by atoms with Gasteiger partial charge in [-0.15, -0.1) is 0 Å². The van der Waals surface area contributed by atoms with E-state index >= 15 is 0 Å². The van der Waals surface area contributed by atoms with Crippen LogP contribution in [0.4, 0.5) is 10.5 Å². The number of rotatable bonds is 4. The average Bonchev–Trinajstić information content (AvgIpc) is 3.21. The Kier molecular flexibility index (Phi) is 7.59. The van der Waals surface area contributed by atoms with E-state index in [1.54, 1.807) is 0 Å². The van der Waals surface area contributed by atoms with Gasteiger partial charge in [-0.3, -0.25) is 24.5 Å².